The van der Waals surface area contributed by atoms with Crippen molar-refractivity contribution in [3.8, 4) is 11.1 Å². The van der Waals surface area contributed by atoms with Crippen LogP contribution in [0, 0.1) is 26.0 Å². The Morgan fingerprint density at radius 1 is 0.756 bits per heavy atom. The fraction of sp³-hybridized carbons (Fsp3) is 0.262. The molecule has 0 radical (unpaired) electrons. The summed E-state index contributed by atoms with van der Waals surface area (Å²) in [5, 5.41) is 0. The summed E-state index contributed by atoms with van der Waals surface area (Å²) in [5.41, 5.74) is 11.1. The van der Waals surface area contributed by atoms with Gasteiger partial charge in [-0.1, -0.05) is 118 Å². The molecule has 6 rings (SSSR count). The Morgan fingerprint density at radius 2 is 1.31 bits per heavy atom. The quantitative estimate of drug-likeness (QED) is 0.152. The molecule has 4 aromatic carbocycles. The molecule has 0 N–H and O–H groups in total. The molecular weight excluding hydrogens is 667 g/mol. The van der Waals surface area contributed by atoms with Crippen molar-refractivity contribution >= 4 is 29.0 Å². The zero-order valence-corrected chi connectivity index (χ0v) is 32.0. The molecule has 0 amide bonds. The minimum atomic E-state index is 0. The maximum atomic E-state index is 3.76. The van der Waals surface area contributed by atoms with Crippen molar-refractivity contribution in [2.45, 2.75) is 71.6 Å². The van der Waals surface area contributed by atoms with Gasteiger partial charge in [-0.15, -0.1) is 48.9 Å². The fourth-order valence-electron chi connectivity index (χ4n) is 4.45. The molecule has 45 heavy (non-hydrogen) atoms. The summed E-state index contributed by atoms with van der Waals surface area (Å²) in [4.78, 5) is 0. The minimum absolute atomic E-state index is 0. The van der Waals surface area contributed by atoms with E-state index >= 15 is 0 Å². The summed E-state index contributed by atoms with van der Waals surface area (Å²) in [6, 6.07) is 35.2. The Morgan fingerprint density at radius 3 is 1.71 bits per heavy atom. The van der Waals surface area contributed by atoms with Gasteiger partial charge in [-0.2, -0.15) is 66.4 Å². The summed E-state index contributed by atoms with van der Waals surface area (Å²) in [7, 11) is 0. The van der Waals surface area contributed by atoms with Gasteiger partial charge in [-0.25, -0.2) is 12.2 Å². The summed E-state index contributed by atoms with van der Waals surface area (Å²) in [6.07, 6.45) is 11.9. The summed E-state index contributed by atoms with van der Waals surface area (Å²) in [5.74, 6) is 0. The van der Waals surface area contributed by atoms with E-state index in [1.165, 1.54) is 63.2 Å². The van der Waals surface area contributed by atoms with E-state index in [1.54, 1.807) is 0 Å². The first kappa shape index (κ1) is 42.6. The van der Waals surface area contributed by atoms with Crippen molar-refractivity contribution in [2.75, 3.05) is 0 Å². The normalized spacial score (nSPS) is 11.5. The molecule has 2 aliphatic carbocycles. The zero-order chi connectivity index (χ0) is 31.9. The molecule has 0 spiro atoms. The van der Waals surface area contributed by atoms with Crippen LogP contribution in [-0.4, -0.2) is 4.21 Å². The number of hydrogen-bond acceptors (Lipinski definition) is 0. The second-order valence-electron chi connectivity index (χ2n) is 12.6. The number of fused-ring (bicyclic) bond motifs is 3. The van der Waals surface area contributed by atoms with Gasteiger partial charge in [0.1, 0.15) is 0 Å². The summed E-state index contributed by atoms with van der Waals surface area (Å²) < 4.78 is 3.34. The first-order chi connectivity index (χ1) is 20.5. The SMILES string of the molecule is CC(C)(C)c1c[c-]c2c(c1)-c1cc(C(C)(C)C)ccc1C2.Cl.Cl.[C-]1=CC=CC1.[CH2-]Cc1ccccc1.[CH2-]c1ccccc1.[CH2]=[Zr]. The van der Waals surface area contributed by atoms with E-state index in [2.05, 4.69) is 120 Å². The van der Waals surface area contributed by atoms with Crippen LogP contribution >= 0.6 is 24.8 Å². The van der Waals surface area contributed by atoms with E-state index in [1.807, 2.05) is 60.7 Å². The molecule has 0 aromatic heterocycles. The third-order valence-corrected chi connectivity index (χ3v) is 7.09. The van der Waals surface area contributed by atoms with Gasteiger partial charge in [0.05, 0.1) is 0 Å². The Balaban J connectivity index is 0.000000663. The van der Waals surface area contributed by atoms with Gasteiger partial charge in [0.2, 0.25) is 0 Å². The van der Waals surface area contributed by atoms with Crippen molar-refractivity contribution in [1.29, 1.82) is 0 Å². The molecule has 3 heteroatoms. The molecule has 0 heterocycles. The van der Waals surface area contributed by atoms with E-state index in [0.717, 1.165) is 24.8 Å². The molecule has 0 nitrogen and oxygen atoms in total. The predicted octanol–water partition coefficient (Wildman–Crippen LogP) is 11.7. The van der Waals surface area contributed by atoms with Gasteiger partial charge in [0.15, 0.2) is 0 Å². The third kappa shape index (κ3) is 14.7. The molecule has 4 aromatic rings. The Kier molecular flexibility index (Phi) is 20.2. The topological polar surface area (TPSA) is 0 Å². The van der Waals surface area contributed by atoms with Crippen LogP contribution in [0.25, 0.3) is 11.1 Å². The van der Waals surface area contributed by atoms with Crippen molar-refractivity contribution in [2.24, 2.45) is 0 Å². The monoisotopic (exact) mass is 714 g/mol. The van der Waals surface area contributed by atoms with E-state index in [9.17, 15) is 0 Å². The second kappa shape index (κ2) is 21.4. The van der Waals surface area contributed by atoms with Gasteiger partial charge in [0.25, 0.3) is 0 Å². The Hall–Kier alpha value is -2.44. The molecule has 2 aliphatic rings. The molecular formula is C42H50Cl2Zr-4. The fourth-order valence-corrected chi connectivity index (χ4v) is 4.45. The van der Waals surface area contributed by atoms with Gasteiger partial charge in [-0.05, 0) is 17.4 Å². The molecule has 0 aliphatic heterocycles. The molecule has 240 valence electrons. The van der Waals surface area contributed by atoms with E-state index < -0.39 is 0 Å². The molecule has 0 unspecified atom stereocenters. The number of allylic oxidation sites excluding steroid dienone is 4. The first-order valence-corrected chi connectivity index (χ1v) is 16.7. The van der Waals surface area contributed by atoms with Gasteiger partial charge in [-0.3, -0.25) is 6.08 Å². The van der Waals surface area contributed by atoms with Crippen molar-refractivity contribution in [3.63, 3.8) is 0 Å². The van der Waals surface area contributed by atoms with E-state index in [-0.39, 0.29) is 35.6 Å². The number of benzene rings is 4. The van der Waals surface area contributed by atoms with Crippen molar-refractivity contribution < 1.29 is 24.2 Å². The molecule has 0 saturated heterocycles. The molecule has 0 fully saturated rings. The standard InChI is InChI=1S/C21H25.C8H9.C7H7.C5H5.CH2.2ClH.Zr/c1-20(2,3)16-9-7-14-11-15-8-10-17(21(4,5)6)13-19(15)18(14)12-16;1-2-8-6-4-3-5-7-8;1-7-5-3-2-4-6-7;1-2-4-5-3-1;;;;/h7,9-10,12-13H,11H2,1-6H3;3-7H,1-2H2;2-6H,1H2;1-3H,4H2;1H2;2*1H;/q4*-1;;;;. The predicted molar refractivity (Wildman–Crippen MR) is 201 cm³/mol. The average molecular weight is 717 g/mol. The van der Waals surface area contributed by atoms with Crippen LogP contribution < -0.4 is 0 Å². The maximum absolute atomic E-state index is 3.76. The molecule has 0 atom stereocenters. The van der Waals surface area contributed by atoms with E-state index in [0.29, 0.717) is 0 Å². The van der Waals surface area contributed by atoms with Crippen LogP contribution in [0.15, 0.2) is 109 Å². The Bertz CT molecular complexity index is 1370. The number of hydrogen-bond donors (Lipinski definition) is 0. The van der Waals surface area contributed by atoms with Crippen LogP contribution in [0.2, 0.25) is 0 Å². The third-order valence-electron chi connectivity index (χ3n) is 7.09. The summed E-state index contributed by atoms with van der Waals surface area (Å²) >= 11 is 1.30. The van der Waals surface area contributed by atoms with E-state index in [4.69, 9.17) is 0 Å². The second-order valence-corrected chi connectivity index (χ2v) is 12.6. The zero-order valence-electron chi connectivity index (χ0n) is 28.0. The number of halogens is 2. The van der Waals surface area contributed by atoms with Crippen molar-refractivity contribution in [1.82, 2.24) is 0 Å². The van der Waals surface area contributed by atoms with Crippen LogP contribution in [-0.2, 0) is 47.9 Å². The summed E-state index contributed by atoms with van der Waals surface area (Å²) in [6.45, 7) is 21.1. The van der Waals surface area contributed by atoms with Crippen LogP contribution in [0.5, 0.6) is 0 Å². The molecule has 0 saturated carbocycles. The van der Waals surface area contributed by atoms with Crippen LogP contribution in [0.3, 0.4) is 0 Å². The average Bonchev–Trinajstić information content (AvgIpc) is 3.70. The number of rotatable bonds is 1. The van der Waals surface area contributed by atoms with Crippen molar-refractivity contribution in [3.05, 3.63) is 169 Å². The van der Waals surface area contributed by atoms with Crippen LogP contribution in [0.4, 0.5) is 0 Å². The molecule has 0 bridgehead atoms. The Labute approximate surface area is 302 Å². The van der Waals surface area contributed by atoms with Crippen LogP contribution in [0.1, 0.15) is 81.3 Å². The first-order valence-electron chi connectivity index (χ1n) is 14.9. The van der Waals surface area contributed by atoms with Gasteiger partial charge < -0.3 is 6.92 Å². The van der Waals surface area contributed by atoms with Gasteiger partial charge in [0, 0.05) is 0 Å². The van der Waals surface area contributed by atoms with Gasteiger partial charge >= 0.3 is 28.4 Å².